The van der Waals surface area contributed by atoms with E-state index in [2.05, 4.69) is 5.32 Å². The number of amides is 1. The molecule has 0 fully saturated rings. The molecular formula is C14H18FNO3. The molecule has 19 heavy (non-hydrogen) atoms. The van der Waals surface area contributed by atoms with Crippen LogP contribution in [-0.2, 0) is 16.0 Å². The van der Waals surface area contributed by atoms with E-state index in [0.29, 0.717) is 19.3 Å². The number of benzene rings is 1. The van der Waals surface area contributed by atoms with Crippen LogP contribution >= 0.6 is 0 Å². The van der Waals surface area contributed by atoms with Gasteiger partial charge >= 0.3 is 5.97 Å². The maximum atomic E-state index is 12.7. The van der Waals surface area contributed by atoms with Crippen LogP contribution < -0.4 is 5.32 Å². The minimum absolute atomic E-state index is 0.194. The Morgan fingerprint density at radius 1 is 1.32 bits per heavy atom. The fourth-order valence-corrected chi connectivity index (χ4v) is 1.72. The van der Waals surface area contributed by atoms with Gasteiger partial charge in [-0.05, 0) is 30.5 Å². The van der Waals surface area contributed by atoms with E-state index in [0.717, 1.165) is 5.56 Å². The Morgan fingerprint density at radius 2 is 1.95 bits per heavy atom. The van der Waals surface area contributed by atoms with Gasteiger partial charge < -0.3 is 10.4 Å². The van der Waals surface area contributed by atoms with Crippen LogP contribution in [0.25, 0.3) is 0 Å². The van der Waals surface area contributed by atoms with E-state index in [1.807, 2.05) is 6.92 Å². The molecule has 5 heteroatoms. The van der Waals surface area contributed by atoms with E-state index in [1.54, 1.807) is 12.1 Å². The third-order valence-corrected chi connectivity index (χ3v) is 2.76. The van der Waals surface area contributed by atoms with Crippen molar-refractivity contribution in [3.8, 4) is 0 Å². The van der Waals surface area contributed by atoms with Gasteiger partial charge in [-0.25, -0.2) is 9.18 Å². The number of carboxylic acids is 1. The topological polar surface area (TPSA) is 66.4 Å². The molecule has 0 aliphatic heterocycles. The molecule has 0 saturated carbocycles. The van der Waals surface area contributed by atoms with Gasteiger partial charge in [0.1, 0.15) is 11.9 Å². The normalized spacial score (nSPS) is 11.9. The predicted octanol–water partition coefficient (Wildman–Crippen LogP) is 2.13. The van der Waals surface area contributed by atoms with Crippen molar-refractivity contribution < 1.29 is 19.1 Å². The van der Waals surface area contributed by atoms with Gasteiger partial charge in [-0.15, -0.1) is 0 Å². The van der Waals surface area contributed by atoms with Gasteiger partial charge in [-0.1, -0.05) is 25.5 Å². The average molecular weight is 267 g/mol. The van der Waals surface area contributed by atoms with Crippen molar-refractivity contribution in [2.24, 2.45) is 0 Å². The third-order valence-electron chi connectivity index (χ3n) is 2.76. The molecule has 0 bridgehead atoms. The first kappa shape index (κ1) is 15.1. The van der Waals surface area contributed by atoms with E-state index in [4.69, 9.17) is 5.11 Å². The maximum absolute atomic E-state index is 12.7. The fraction of sp³-hybridized carbons (Fsp3) is 0.429. The second-order valence-corrected chi connectivity index (χ2v) is 4.37. The van der Waals surface area contributed by atoms with Gasteiger partial charge in [-0.3, -0.25) is 4.79 Å². The van der Waals surface area contributed by atoms with Crippen LogP contribution in [0, 0.1) is 5.82 Å². The average Bonchev–Trinajstić information content (AvgIpc) is 2.37. The van der Waals surface area contributed by atoms with Crippen LogP contribution in [0.4, 0.5) is 4.39 Å². The van der Waals surface area contributed by atoms with Crippen molar-refractivity contribution in [3.05, 3.63) is 35.6 Å². The van der Waals surface area contributed by atoms with E-state index in [1.165, 1.54) is 12.1 Å². The number of rotatable bonds is 7. The van der Waals surface area contributed by atoms with Gasteiger partial charge in [0.2, 0.25) is 5.91 Å². The van der Waals surface area contributed by atoms with Crippen molar-refractivity contribution in [2.45, 2.75) is 38.6 Å². The number of carbonyl (C=O) groups is 2. The van der Waals surface area contributed by atoms with E-state index in [9.17, 15) is 14.0 Å². The van der Waals surface area contributed by atoms with Crippen molar-refractivity contribution >= 4 is 11.9 Å². The van der Waals surface area contributed by atoms with Crippen LogP contribution in [0.1, 0.15) is 31.7 Å². The summed E-state index contributed by atoms with van der Waals surface area (Å²) >= 11 is 0. The fourth-order valence-electron chi connectivity index (χ4n) is 1.72. The number of carbonyl (C=O) groups excluding carboxylic acids is 1. The van der Waals surface area contributed by atoms with Crippen LogP contribution in [0.2, 0.25) is 0 Å². The highest BCUT2D eigenvalue weighted by atomic mass is 19.1. The number of hydrogen-bond acceptors (Lipinski definition) is 2. The number of aliphatic carboxylic acids is 1. The lowest BCUT2D eigenvalue weighted by molar-refractivity contribution is -0.142. The molecule has 0 aromatic heterocycles. The van der Waals surface area contributed by atoms with Crippen molar-refractivity contribution in [2.75, 3.05) is 0 Å². The summed E-state index contributed by atoms with van der Waals surface area (Å²) in [5.74, 6) is -1.63. The largest absolute Gasteiger partial charge is 0.480 e. The molecule has 4 nitrogen and oxygen atoms in total. The zero-order valence-corrected chi connectivity index (χ0v) is 10.9. The quantitative estimate of drug-likeness (QED) is 0.795. The number of carboxylic acid groups (broad SMARTS) is 1. The monoisotopic (exact) mass is 267 g/mol. The molecule has 1 aromatic carbocycles. The van der Waals surface area contributed by atoms with E-state index < -0.39 is 12.0 Å². The van der Waals surface area contributed by atoms with E-state index >= 15 is 0 Å². The molecule has 1 amide bonds. The lowest BCUT2D eigenvalue weighted by Gasteiger charge is -2.13. The molecule has 0 radical (unpaired) electrons. The molecule has 2 N–H and O–H groups in total. The number of nitrogens with one attached hydrogen (secondary N) is 1. The van der Waals surface area contributed by atoms with Crippen LogP contribution in [0.15, 0.2) is 24.3 Å². The Bertz CT molecular complexity index is 431. The van der Waals surface area contributed by atoms with Crippen molar-refractivity contribution in [1.82, 2.24) is 5.32 Å². The summed E-state index contributed by atoms with van der Waals surface area (Å²) in [5, 5.41) is 11.4. The summed E-state index contributed by atoms with van der Waals surface area (Å²) in [6.07, 6.45) is 1.76. The highest BCUT2D eigenvalue weighted by Gasteiger charge is 2.18. The van der Waals surface area contributed by atoms with Gasteiger partial charge in [0.05, 0.1) is 0 Å². The van der Waals surface area contributed by atoms with Gasteiger partial charge in [0, 0.05) is 6.42 Å². The van der Waals surface area contributed by atoms with Crippen molar-refractivity contribution in [1.29, 1.82) is 0 Å². The molecule has 0 aliphatic rings. The zero-order valence-electron chi connectivity index (χ0n) is 10.9. The molecule has 0 saturated heterocycles. The minimum atomic E-state index is -1.02. The highest BCUT2D eigenvalue weighted by Crippen LogP contribution is 2.06. The maximum Gasteiger partial charge on any atom is 0.326 e. The second kappa shape index (κ2) is 7.51. The predicted molar refractivity (Wildman–Crippen MR) is 69.2 cm³/mol. The molecular weight excluding hydrogens is 249 g/mol. The first-order valence-corrected chi connectivity index (χ1v) is 6.29. The minimum Gasteiger partial charge on any atom is -0.480 e. The van der Waals surface area contributed by atoms with Crippen molar-refractivity contribution in [3.63, 3.8) is 0 Å². The summed E-state index contributed by atoms with van der Waals surface area (Å²) in [6.45, 7) is 1.86. The zero-order chi connectivity index (χ0) is 14.3. The Balaban J connectivity index is 2.42. The van der Waals surface area contributed by atoms with Gasteiger partial charge in [-0.2, -0.15) is 0 Å². The lowest BCUT2D eigenvalue weighted by Crippen LogP contribution is -2.40. The Labute approximate surface area is 111 Å². The molecule has 0 unspecified atom stereocenters. The summed E-state index contributed by atoms with van der Waals surface area (Å²) < 4.78 is 12.7. The molecule has 1 aromatic rings. The van der Waals surface area contributed by atoms with Crippen LogP contribution in [-0.4, -0.2) is 23.0 Å². The smallest absolute Gasteiger partial charge is 0.326 e. The molecule has 0 spiro atoms. The molecule has 1 atom stereocenters. The Morgan fingerprint density at radius 3 is 2.47 bits per heavy atom. The summed E-state index contributed by atoms with van der Waals surface area (Å²) in [4.78, 5) is 22.5. The molecule has 0 aliphatic carbocycles. The number of halogens is 1. The van der Waals surface area contributed by atoms with Gasteiger partial charge in [0.15, 0.2) is 0 Å². The van der Waals surface area contributed by atoms with Gasteiger partial charge in [0.25, 0.3) is 0 Å². The molecule has 0 heterocycles. The first-order chi connectivity index (χ1) is 9.02. The lowest BCUT2D eigenvalue weighted by atomic mass is 10.1. The summed E-state index contributed by atoms with van der Waals surface area (Å²) in [5.41, 5.74) is 0.846. The number of aryl methyl sites for hydroxylation is 1. The Hall–Kier alpha value is -1.91. The van der Waals surface area contributed by atoms with Crippen LogP contribution in [0.3, 0.4) is 0 Å². The SMILES string of the molecule is CCC[C@@H](NC(=O)CCc1ccc(F)cc1)C(=O)O. The molecule has 104 valence electrons. The third kappa shape index (κ3) is 5.50. The summed E-state index contributed by atoms with van der Waals surface area (Å²) in [7, 11) is 0. The highest BCUT2D eigenvalue weighted by molar-refractivity contribution is 5.83. The Kier molecular flexibility index (Phi) is 5.99. The first-order valence-electron chi connectivity index (χ1n) is 6.29. The van der Waals surface area contributed by atoms with Crippen LogP contribution in [0.5, 0.6) is 0 Å². The second-order valence-electron chi connectivity index (χ2n) is 4.37. The molecule has 1 rings (SSSR count). The number of hydrogen-bond donors (Lipinski definition) is 2. The standard InChI is InChI=1S/C14H18FNO3/c1-2-3-12(14(18)19)16-13(17)9-6-10-4-7-11(15)8-5-10/h4-5,7-8,12H,2-3,6,9H2,1H3,(H,16,17)(H,18,19)/t12-/m1/s1. The van der Waals surface area contributed by atoms with E-state index in [-0.39, 0.29) is 18.1 Å². The summed E-state index contributed by atoms with van der Waals surface area (Å²) in [6, 6.07) is 5.08.